The first-order chi connectivity index (χ1) is 14.7. The maximum absolute atomic E-state index is 14.7. The van der Waals surface area contributed by atoms with Crippen molar-refractivity contribution < 1.29 is 18.9 Å². The molecule has 0 aliphatic carbocycles. The van der Waals surface area contributed by atoms with Gasteiger partial charge in [-0.1, -0.05) is 54.5 Å². The molecule has 7 nitrogen and oxygen atoms in total. The van der Waals surface area contributed by atoms with E-state index in [4.69, 9.17) is 9.26 Å². The zero-order valence-electron chi connectivity index (χ0n) is 16.7. The summed E-state index contributed by atoms with van der Waals surface area (Å²) in [4.78, 5) is 6.38. The van der Waals surface area contributed by atoms with Crippen LogP contribution in [0.2, 0.25) is 0 Å². The molecule has 0 bridgehead atoms. The second-order valence-corrected chi connectivity index (χ2v) is 7.18. The number of hydrogen-bond donors (Lipinski definition) is 1. The highest BCUT2D eigenvalue weighted by atomic mass is 19.1. The van der Waals surface area contributed by atoms with Gasteiger partial charge in [-0.3, -0.25) is 0 Å². The first-order valence-electron chi connectivity index (χ1n) is 9.86. The Morgan fingerprint density at radius 1 is 1.20 bits per heavy atom. The Hall–Kier alpha value is -3.26. The lowest BCUT2D eigenvalue weighted by molar-refractivity contribution is 0.121. The normalized spacial score (nSPS) is 15.9. The Bertz CT molecular complexity index is 1020. The first kappa shape index (κ1) is 20.0. The van der Waals surface area contributed by atoms with Crippen LogP contribution < -0.4 is 4.90 Å². The number of benzene rings is 2. The molecule has 1 N–H and O–H groups in total. The van der Waals surface area contributed by atoms with Gasteiger partial charge in [0.15, 0.2) is 0 Å². The lowest BCUT2D eigenvalue weighted by Gasteiger charge is -2.24. The molecule has 1 aliphatic rings. The fourth-order valence-corrected chi connectivity index (χ4v) is 3.48. The van der Waals surface area contributed by atoms with Crippen LogP contribution >= 0.6 is 0 Å². The van der Waals surface area contributed by atoms with Crippen LogP contribution in [0, 0.1) is 5.82 Å². The minimum Gasteiger partial charge on any atom is -0.411 e. The van der Waals surface area contributed by atoms with Crippen LogP contribution in [0.15, 0.2) is 58.2 Å². The van der Waals surface area contributed by atoms with Gasteiger partial charge >= 0.3 is 0 Å². The quantitative estimate of drug-likeness (QED) is 0.377. The molecule has 1 fully saturated rings. The number of rotatable bonds is 6. The molecule has 0 radical (unpaired) electrons. The van der Waals surface area contributed by atoms with Gasteiger partial charge in [0.25, 0.3) is 5.95 Å². The number of hydrogen-bond acceptors (Lipinski definition) is 7. The first-order valence-corrected chi connectivity index (χ1v) is 9.86. The monoisotopic (exact) mass is 410 g/mol. The van der Waals surface area contributed by atoms with E-state index in [2.05, 4.69) is 15.3 Å². The highest BCUT2D eigenvalue weighted by molar-refractivity contribution is 5.91. The molecule has 2 aromatic carbocycles. The van der Waals surface area contributed by atoms with E-state index in [9.17, 15) is 9.60 Å². The van der Waals surface area contributed by atoms with Crippen LogP contribution in [0.5, 0.6) is 0 Å². The predicted octanol–water partition coefficient (Wildman–Crippen LogP) is 3.89. The van der Waals surface area contributed by atoms with E-state index in [-0.39, 0.29) is 18.2 Å². The van der Waals surface area contributed by atoms with Gasteiger partial charge in [0, 0.05) is 24.6 Å². The summed E-state index contributed by atoms with van der Waals surface area (Å²) < 4.78 is 25.4. The van der Waals surface area contributed by atoms with Crippen molar-refractivity contribution in [1.29, 1.82) is 0 Å². The molecule has 1 aliphatic heterocycles. The van der Waals surface area contributed by atoms with Gasteiger partial charge in [-0.2, -0.15) is 4.98 Å². The van der Waals surface area contributed by atoms with Gasteiger partial charge in [-0.25, -0.2) is 4.39 Å². The largest absolute Gasteiger partial charge is 0.411 e. The van der Waals surface area contributed by atoms with Gasteiger partial charge < -0.3 is 19.4 Å². The Morgan fingerprint density at radius 3 is 2.67 bits per heavy atom. The van der Waals surface area contributed by atoms with Crippen LogP contribution in [0.3, 0.4) is 0 Å². The number of anilines is 1. The molecular weight excluding hydrogens is 387 g/mol. The number of morpholine rings is 1. The zero-order chi connectivity index (χ0) is 20.9. The predicted molar refractivity (Wildman–Crippen MR) is 111 cm³/mol. The van der Waals surface area contributed by atoms with Crippen molar-refractivity contribution in [2.75, 3.05) is 31.2 Å². The van der Waals surface area contributed by atoms with Crippen LogP contribution in [-0.4, -0.2) is 47.4 Å². The summed E-state index contributed by atoms with van der Waals surface area (Å²) in [5.41, 5.74) is 2.46. The Morgan fingerprint density at radius 2 is 1.97 bits per heavy atom. The molecule has 0 amide bonds. The minimum absolute atomic E-state index is 0.178. The molecule has 8 heteroatoms. The molecule has 3 aromatic rings. The highest BCUT2D eigenvalue weighted by Gasteiger charge is 2.22. The van der Waals surface area contributed by atoms with Gasteiger partial charge in [0.05, 0.1) is 25.3 Å². The van der Waals surface area contributed by atoms with Crippen LogP contribution in [0.1, 0.15) is 24.3 Å². The van der Waals surface area contributed by atoms with E-state index < -0.39 is 0 Å². The Labute approximate surface area is 173 Å². The van der Waals surface area contributed by atoms with Crippen molar-refractivity contribution in [3.05, 3.63) is 65.8 Å². The van der Waals surface area contributed by atoms with E-state index >= 15 is 0 Å². The molecule has 4 rings (SSSR count). The van der Waals surface area contributed by atoms with Gasteiger partial charge in [0.1, 0.15) is 5.82 Å². The third-order valence-electron chi connectivity index (χ3n) is 5.29. The van der Waals surface area contributed by atoms with Gasteiger partial charge in [0.2, 0.25) is 5.89 Å². The molecule has 0 saturated carbocycles. The van der Waals surface area contributed by atoms with E-state index in [0.717, 1.165) is 5.56 Å². The number of aromatic nitrogens is 2. The standard InChI is InChI=1S/C22H23FN4O3/c1-15(17-7-8-18(19(23)13-17)16-5-3-2-4-6-16)20(25-28)14-21-24-22(26-30-21)27-9-11-29-12-10-27/h2-8,13,15,28H,9-12,14H2,1H3. The molecule has 2 heterocycles. The lowest BCUT2D eigenvalue weighted by atomic mass is 9.92. The van der Waals surface area contributed by atoms with Gasteiger partial charge in [-0.15, -0.1) is 0 Å². The van der Waals surface area contributed by atoms with Crippen LogP contribution in [0.25, 0.3) is 11.1 Å². The van der Waals surface area contributed by atoms with Crippen molar-refractivity contribution in [1.82, 2.24) is 10.1 Å². The van der Waals surface area contributed by atoms with Crippen LogP contribution in [-0.2, 0) is 11.2 Å². The summed E-state index contributed by atoms with van der Waals surface area (Å²) in [6.45, 7) is 4.49. The lowest BCUT2D eigenvalue weighted by Crippen LogP contribution is -2.36. The van der Waals surface area contributed by atoms with E-state index in [1.165, 1.54) is 6.07 Å². The fourth-order valence-electron chi connectivity index (χ4n) is 3.48. The van der Waals surface area contributed by atoms with Crippen molar-refractivity contribution in [2.45, 2.75) is 19.3 Å². The summed E-state index contributed by atoms with van der Waals surface area (Å²) in [6.07, 6.45) is 0.178. The second-order valence-electron chi connectivity index (χ2n) is 7.18. The molecule has 30 heavy (non-hydrogen) atoms. The molecular formula is C22H23FN4O3. The number of halogens is 1. The third kappa shape index (κ3) is 4.33. The van der Waals surface area contributed by atoms with Crippen molar-refractivity contribution >= 4 is 11.7 Å². The van der Waals surface area contributed by atoms with Crippen molar-refractivity contribution in [3.63, 3.8) is 0 Å². The molecule has 1 aromatic heterocycles. The topological polar surface area (TPSA) is 84.0 Å². The van der Waals surface area contributed by atoms with E-state index in [1.807, 2.05) is 48.2 Å². The van der Waals surface area contributed by atoms with Crippen molar-refractivity contribution in [2.24, 2.45) is 5.16 Å². The van der Waals surface area contributed by atoms with Crippen molar-refractivity contribution in [3.8, 4) is 11.1 Å². The molecule has 1 saturated heterocycles. The maximum Gasteiger partial charge on any atom is 0.266 e. The van der Waals surface area contributed by atoms with E-state index in [0.29, 0.717) is 55.0 Å². The zero-order valence-corrected chi connectivity index (χ0v) is 16.7. The minimum atomic E-state index is -0.326. The summed E-state index contributed by atoms with van der Waals surface area (Å²) in [5, 5.41) is 17.0. The smallest absolute Gasteiger partial charge is 0.266 e. The average molecular weight is 410 g/mol. The highest BCUT2D eigenvalue weighted by Crippen LogP contribution is 2.27. The number of nitrogens with zero attached hydrogens (tertiary/aromatic N) is 4. The average Bonchev–Trinajstić information content (AvgIpc) is 3.27. The summed E-state index contributed by atoms with van der Waals surface area (Å²) in [6, 6.07) is 14.4. The molecule has 0 spiro atoms. The number of ether oxygens (including phenoxy) is 1. The second kappa shape index (κ2) is 9.04. The molecule has 1 atom stereocenters. The fraction of sp³-hybridized carbons (Fsp3) is 0.318. The molecule has 1 unspecified atom stereocenters. The Kier molecular flexibility index (Phi) is 6.04. The summed E-state index contributed by atoms with van der Waals surface area (Å²) in [5.74, 6) is 0.192. The SMILES string of the molecule is CC(C(Cc1nc(N2CCOCC2)no1)=NO)c1ccc(-c2ccccc2)c(F)c1. The maximum atomic E-state index is 14.7. The Balaban J connectivity index is 1.48. The molecule has 156 valence electrons. The van der Waals surface area contributed by atoms with Crippen LogP contribution in [0.4, 0.5) is 10.3 Å². The summed E-state index contributed by atoms with van der Waals surface area (Å²) in [7, 11) is 0. The summed E-state index contributed by atoms with van der Waals surface area (Å²) >= 11 is 0. The van der Waals surface area contributed by atoms with Gasteiger partial charge in [-0.05, 0) is 22.3 Å². The third-order valence-corrected chi connectivity index (χ3v) is 5.29. The van der Waals surface area contributed by atoms with E-state index in [1.54, 1.807) is 6.07 Å². The number of oxime groups is 1.